The fourth-order valence-electron chi connectivity index (χ4n) is 3.37. The molecule has 0 unspecified atom stereocenters. The fourth-order valence-corrected chi connectivity index (χ4v) is 3.37. The van der Waals surface area contributed by atoms with Crippen LogP contribution in [0.1, 0.15) is 37.1 Å². The first-order valence-electron chi connectivity index (χ1n) is 8.61. The van der Waals surface area contributed by atoms with Crippen LogP contribution < -0.4 is 5.69 Å². The third-order valence-corrected chi connectivity index (χ3v) is 4.81. The van der Waals surface area contributed by atoms with Gasteiger partial charge in [0.2, 0.25) is 0 Å². The van der Waals surface area contributed by atoms with Crippen molar-refractivity contribution in [3.63, 3.8) is 0 Å². The number of hydrogen-bond donors (Lipinski definition) is 0. The molecule has 6 heteroatoms. The lowest BCUT2D eigenvalue weighted by Gasteiger charge is -2.13. The first kappa shape index (κ1) is 14.3. The number of aromatic nitrogens is 5. The largest absolute Gasteiger partial charge is 0.355 e. The summed E-state index contributed by atoms with van der Waals surface area (Å²) in [5.41, 5.74) is 3.03. The highest BCUT2D eigenvalue weighted by atomic mass is 16.1. The van der Waals surface area contributed by atoms with Crippen LogP contribution in [0, 0.1) is 0 Å². The molecular formula is C19H17N5O. The zero-order chi connectivity index (χ0) is 17.0. The number of fused-ring (bicyclic) bond motifs is 2. The van der Waals surface area contributed by atoms with Gasteiger partial charge in [0.05, 0.1) is 5.69 Å². The van der Waals surface area contributed by atoms with Gasteiger partial charge in [-0.1, -0.05) is 13.0 Å². The second-order valence-electron chi connectivity index (χ2n) is 6.45. The van der Waals surface area contributed by atoms with E-state index in [1.54, 1.807) is 10.8 Å². The number of rotatable bonds is 3. The van der Waals surface area contributed by atoms with Crippen molar-refractivity contribution < 1.29 is 0 Å². The third kappa shape index (κ3) is 2.17. The van der Waals surface area contributed by atoms with Crippen molar-refractivity contribution in [3.05, 3.63) is 64.6 Å². The molecule has 0 spiro atoms. The van der Waals surface area contributed by atoms with Crippen molar-refractivity contribution in [2.45, 2.75) is 32.1 Å². The SMILES string of the molecule is CCc1nc(=O)n(-c2cccc3nccn23)c2nc(C3CC3)ccc12. The summed E-state index contributed by atoms with van der Waals surface area (Å²) in [5, 5.41) is 0.934. The van der Waals surface area contributed by atoms with E-state index in [1.807, 2.05) is 35.7 Å². The summed E-state index contributed by atoms with van der Waals surface area (Å²) in [7, 11) is 0. The highest BCUT2D eigenvalue weighted by Gasteiger charge is 2.26. The van der Waals surface area contributed by atoms with Gasteiger partial charge in [-0.2, -0.15) is 4.98 Å². The van der Waals surface area contributed by atoms with Gasteiger partial charge in [-0.3, -0.25) is 4.40 Å². The monoisotopic (exact) mass is 331 g/mol. The number of hydrogen-bond acceptors (Lipinski definition) is 4. The molecule has 1 aliphatic carbocycles. The fraction of sp³-hybridized carbons (Fsp3) is 0.263. The van der Waals surface area contributed by atoms with Gasteiger partial charge in [0.25, 0.3) is 0 Å². The Morgan fingerprint density at radius 3 is 2.84 bits per heavy atom. The molecule has 1 fully saturated rings. The number of nitrogens with zero attached hydrogens (tertiary/aromatic N) is 5. The molecule has 0 saturated heterocycles. The van der Waals surface area contributed by atoms with E-state index in [0.29, 0.717) is 23.8 Å². The van der Waals surface area contributed by atoms with Gasteiger partial charge in [-0.05, 0) is 43.5 Å². The summed E-state index contributed by atoms with van der Waals surface area (Å²) in [6.45, 7) is 2.01. The van der Waals surface area contributed by atoms with E-state index in [1.165, 1.54) is 12.8 Å². The van der Waals surface area contributed by atoms with E-state index in [2.05, 4.69) is 22.1 Å². The van der Waals surface area contributed by atoms with Crippen LogP contribution in [0.2, 0.25) is 0 Å². The van der Waals surface area contributed by atoms with Crippen LogP contribution in [-0.2, 0) is 6.42 Å². The van der Waals surface area contributed by atoms with Gasteiger partial charge in [0.15, 0.2) is 5.65 Å². The zero-order valence-electron chi connectivity index (χ0n) is 13.9. The maximum absolute atomic E-state index is 12.9. The second kappa shape index (κ2) is 5.24. The van der Waals surface area contributed by atoms with Crippen molar-refractivity contribution in [2.24, 2.45) is 0 Å². The quantitative estimate of drug-likeness (QED) is 0.579. The first-order valence-corrected chi connectivity index (χ1v) is 8.61. The number of aryl methyl sites for hydroxylation is 1. The average Bonchev–Trinajstić information content (AvgIpc) is 3.37. The van der Waals surface area contributed by atoms with Crippen LogP contribution in [-0.4, -0.2) is 23.9 Å². The molecule has 1 aliphatic rings. The van der Waals surface area contributed by atoms with Crippen molar-refractivity contribution in [1.82, 2.24) is 23.9 Å². The van der Waals surface area contributed by atoms with Gasteiger partial charge in [0.1, 0.15) is 11.5 Å². The van der Waals surface area contributed by atoms with Crippen LogP contribution >= 0.6 is 0 Å². The summed E-state index contributed by atoms with van der Waals surface area (Å²) < 4.78 is 3.49. The lowest BCUT2D eigenvalue weighted by atomic mass is 10.1. The molecule has 0 aliphatic heterocycles. The minimum Gasteiger partial charge on any atom is -0.285 e. The van der Waals surface area contributed by atoms with E-state index < -0.39 is 0 Å². The molecule has 25 heavy (non-hydrogen) atoms. The molecular weight excluding hydrogens is 314 g/mol. The Bertz CT molecular complexity index is 1170. The summed E-state index contributed by atoms with van der Waals surface area (Å²) >= 11 is 0. The van der Waals surface area contributed by atoms with Crippen molar-refractivity contribution >= 4 is 16.7 Å². The molecule has 4 heterocycles. The standard InChI is InChI=1S/C19H17N5O/c1-2-14-13-8-9-15(12-6-7-12)21-18(13)24(19(25)22-14)17-5-3-4-16-20-10-11-23(16)17/h3-5,8-12H,2,6-7H2,1H3. The zero-order valence-corrected chi connectivity index (χ0v) is 13.9. The van der Waals surface area contributed by atoms with Crippen molar-refractivity contribution in [1.29, 1.82) is 0 Å². The summed E-state index contributed by atoms with van der Waals surface area (Å²) in [5.74, 6) is 1.23. The highest BCUT2D eigenvalue weighted by Crippen LogP contribution is 2.39. The van der Waals surface area contributed by atoms with Crippen LogP contribution in [0.5, 0.6) is 0 Å². The molecule has 4 aromatic heterocycles. The molecule has 0 bridgehead atoms. The molecule has 4 aromatic rings. The Hall–Kier alpha value is -3.02. The van der Waals surface area contributed by atoms with Gasteiger partial charge < -0.3 is 0 Å². The predicted octanol–water partition coefficient (Wildman–Crippen LogP) is 2.87. The second-order valence-corrected chi connectivity index (χ2v) is 6.45. The predicted molar refractivity (Wildman–Crippen MR) is 95.2 cm³/mol. The Kier molecular flexibility index (Phi) is 3.00. The van der Waals surface area contributed by atoms with E-state index in [4.69, 9.17) is 4.98 Å². The van der Waals surface area contributed by atoms with E-state index in [0.717, 1.165) is 22.4 Å². The lowest BCUT2D eigenvalue weighted by Crippen LogP contribution is -2.26. The number of pyridine rings is 2. The molecule has 0 radical (unpaired) electrons. The molecule has 0 atom stereocenters. The molecule has 0 N–H and O–H groups in total. The number of imidazole rings is 1. The van der Waals surface area contributed by atoms with E-state index in [-0.39, 0.29) is 5.69 Å². The maximum Gasteiger partial charge on any atom is 0.355 e. The van der Waals surface area contributed by atoms with Gasteiger partial charge in [-0.15, -0.1) is 0 Å². The molecule has 6 nitrogen and oxygen atoms in total. The summed E-state index contributed by atoms with van der Waals surface area (Å²) in [6, 6.07) is 9.84. The van der Waals surface area contributed by atoms with Crippen molar-refractivity contribution in [3.8, 4) is 5.82 Å². The Labute approximate surface area is 143 Å². The lowest BCUT2D eigenvalue weighted by molar-refractivity contribution is 0.853. The van der Waals surface area contributed by atoms with Crippen molar-refractivity contribution in [2.75, 3.05) is 0 Å². The minimum atomic E-state index is -0.300. The van der Waals surface area contributed by atoms with Gasteiger partial charge >= 0.3 is 5.69 Å². The van der Waals surface area contributed by atoms with Gasteiger partial charge in [0, 0.05) is 29.4 Å². The summed E-state index contributed by atoms with van der Waals surface area (Å²) in [4.78, 5) is 26.3. The summed E-state index contributed by atoms with van der Waals surface area (Å²) in [6.07, 6.45) is 6.62. The van der Waals surface area contributed by atoms with Crippen LogP contribution in [0.4, 0.5) is 0 Å². The Balaban J connectivity index is 1.91. The molecule has 0 aromatic carbocycles. The first-order chi connectivity index (χ1) is 12.3. The van der Waals surface area contributed by atoms with Crippen LogP contribution in [0.15, 0.2) is 47.5 Å². The average molecular weight is 331 g/mol. The minimum absolute atomic E-state index is 0.300. The Morgan fingerprint density at radius 2 is 2.04 bits per heavy atom. The molecule has 5 rings (SSSR count). The van der Waals surface area contributed by atoms with Crippen LogP contribution in [0.3, 0.4) is 0 Å². The highest BCUT2D eigenvalue weighted by molar-refractivity contribution is 5.79. The molecule has 124 valence electrons. The molecule has 1 saturated carbocycles. The van der Waals surface area contributed by atoms with Gasteiger partial charge in [-0.25, -0.2) is 19.3 Å². The topological polar surface area (TPSA) is 65.1 Å². The van der Waals surface area contributed by atoms with Crippen LogP contribution in [0.25, 0.3) is 22.5 Å². The third-order valence-electron chi connectivity index (χ3n) is 4.81. The van der Waals surface area contributed by atoms with E-state index >= 15 is 0 Å². The maximum atomic E-state index is 12.9. The Morgan fingerprint density at radius 1 is 1.16 bits per heavy atom. The normalized spacial score (nSPS) is 14.4. The smallest absolute Gasteiger partial charge is 0.285 e. The molecule has 0 amide bonds. The van der Waals surface area contributed by atoms with E-state index in [9.17, 15) is 4.79 Å².